The molecule has 1 saturated carbocycles. The molecule has 2 heterocycles. The predicted molar refractivity (Wildman–Crippen MR) is 98.3 cm³/mol. The zero-order chi connectivity index (χ0) is 17.4. The van der Waals surface area contributed by atoms with Crippen molar-refractivity contribution in [3.05, 3.63) is 47.1 Å². The molecule has 0 aliphatic heterocycles. The highest BCUT2D eigenvalue weighted by Crippen LogP contribution is 2.40. The fourth-order valence-electron chi connectivity index (χ4n) is 2.53. The quantitative estimate of drug-likeness (QED) is 0.750. The van der Waals surface area contributed by atoms with Crippen LogP contribution in [0.1, 0.15) is 34.9 Å². The summed E-state index contributed by atoms with van der Waals surface area (Å²) in [6, 6.07) is 9.35. The molecule has 2 aromatic heterocycles. The van der Waals surface area contributed by atoms with Gasteiger partial charge in [-0.15, -0.1) is 11.3 Å². The van der Waals surface area contributed by atoms with Gasteiger partial charge in [-0.2, -0.15) is 4.98 Å². The first-order valence-corrected chi connectivity index (χ1v) is 9.00. The molecule has 7 heteroatoms. The first-order chi connectivity index (χ1) is 12.1. The Morgan fingerprint density at radius 1 is 1.32 bits per heavy atom. The van der Waals surface area contributed by atoms with Gasteiger partial charge in [0.25, 0.3) is 11.8 Å². The number of carbonyl (C=O) groups excluding carboxylic acids is 1. The maximum absolute atomic E-state index is 12.6. The molecule has 0 saturated heterocycles. The second kappa shape index (κ2) is 6.33. The number of nitrogens with zero attached hydrogens (tertiary/aromatic N) is 3. The number of benzene rings is 1. The summed E-state index contributed by atoms with van der Waals surface area (Å²) < 4.78 is 5.38. The van der Waals surface area contributed by atoms with Crippen molar-refractivity contribution >= 4 is 28.6 Å². The standard InChI is InChI=1S/C18H18N4O2S/c1-22(2)13-5-3-4-12(10-13)17(23)19-14-8-9-25-15(14)18-20-16(21-24-18)11-6-7-11/h3-5,8-11H,6-7H2,1-2H3,(H,19,23). The van der Waals surface area contributed by atoms with E-state index < -0.39 is 0 Å². The van der Waals surface area contributed by atoms with Gasteiger partial charge in [-0.05, 0) is 42.5 Å². The van der Waals surface area contributed by atoms with Gasteiger partial charge in [0.2, 0.25) is 0 Å². The Bertz CT molecular complexity index is 911. The lowest BCUT2D eigenvalue weighted by molar-refractivity contribution is 0.102. The maximum atomic E-state index is 12.6. The molecule has 1 aliphatic carbocycles. The molecule has 1 aliphatic rings. The summed E-state index contributed by atoms with van der Waals surface area (Å²) in [6.07, 6.45) is 2.24. The lowest BCUT2D eigenvalue weighted by Crippen LogP contribution is -2.14. The first-order valence-electron chi connectivity index (χ1n) is 8.12. The Balaban J connectivity index is 1.56. The van der Waals surface area contributed by atoms with Crippen LogP contribution in [0, 0.1) is 0 Å². The van der Waals surface area contributed by atoms with Crippen LogP contribution in [-0.2, 0) is 0 Å². The number of thiophene rings is 1. The van der Waals surface area contributed by atoms with E-state index in [1.54, 1.807) is 6.07 Å². The Morgan fingerprint density at radius 2 is 2.16 bits per heavy atom. The van der Waals surface area contributed by atoms with Crippen LogP contribution in [0.5, 0.6) is 0 Å². The van der Waals surface area contributed by atoms with Gasteiger partial charge in [-0.3, -0.25) is 4.79 Å². The highest BCUT2D eigenvalue weighted by molar-refractivity contribution is 7.14. The number of nitrogens with one attached hydrogen (secondary N) is 1. The molecule has 1 fully saturated rings. The van der Waals surface area contributed by atoms with E-state index in [1.165, 1.54) is 11.3 Å². The molecule has 0 atom stereocenters. The smallest absolute Gasteiger partial charge is 0.270 e. The molecule has 0 unspecified atom stereocenters. The van der Waals surface area contributed by atoms with Gasteiger partial charge in [0, 0.05) is 31.3 Å². The van der Waals surface area contributed by atoms with Crippen molar-refractivity contribution in [2.75, 3.05) is 24.3 Å². The van der Waals surface area contributed by atoms with E-state index in [2.05, 4.69) is 15.5 Å². The predicted octanol–water partition coefficient (Wildman–Crippen LogP) is 3.99. The van der Waals surface area contributed by atoms with Crippen LogP contribution in [0.3, 0.4) is 0 Å². The van der Waals surface area contributed by atoms with Gasteiger partial charge in [0.15, 0.2) is 5.82 Å². The van der Waals surface area contributed by atoms with Crippen molar-refractivity contribution in [3.63, 3.8) is 0 Å². The normalized spacial score (nSPS) is 13.7. The highest BCUT2D eigenvalue weighted by Gasteiger charge is 2.29. The molecule has 0 spiro atoms. The number of amides is 1. The van der Waals surface area contributed by atoms with Gasteiger partial charge in [-0.1, -0.05) is 11.2 Å². The Morgan fingerprint density at radius 3 is 2.92 bits per heavy atom. The molecule has 0 radical (unpaired) electrons. The topological polar surface area (TPSA) is 71.3 Å². The Kier molecular flexibility index (Phi) is 4.01. The van der Waals surface area contributed by atoms with Crippen LogP contribution < -0.4 is 10.2 Å². The third-order valence-corrected chi connectivity index (χ3v) is 5.02. The third kappa shape index (κ3) is 3.28. The van der Waals surface area contributed by atoms with Crippen LogP contribution in [0.15, 0.2) is 40.2 Å². The molecule has 1 aromatic carbocycles. The first kappa shape index (κ1) is 15.8. The number of rotatable bonds is 5. The average Bonchev–Trinajstić information content (AvgIpc) is 3.16. The second-order valence-electron chi connectivity index (χ2n) is 6.29. The largest absolute Gasteiger partial charge is 0.378 e. The van der Waals surface area contributed by atoms with Crippen molar-refractivity contribution in [1.82, 2.24) is 10.1 Å². The molecule has 1 N–H and O–H groups in total. The third-order valence-electron chi connectivity index (χ3n) is 4.12. The van der Waals surface area contributed by atoms with Crippen molar-refractivity contribution in [2.45, 2.75) is 18.8 Å². The summed E-state index contributed by atoms with van der Waals surface area (Å²) in [6.45, 7) is 0. The van der Waals surface area contributed by atoms with Gasteiger partial charge >= 0.3 is 0 Å². The molecular weight excluding hydrogens is 336 g/mol. The van der Waals surface area contributed by atoms with Crippen LogP contribution in [-0.4, -0.2) is 30.1 Å². The SMILES string of the molecule is CN(C)c1cccc(C(=O)Nc2ccsc2-c2nc(C3CC3)no2)c1. The maximum Gasteiger partial charge on any atom is 0.270 e. The van der Waals surface area contributed by atoms with E-state index in [1.807, 2.05) is 48.6 Å². The molecule has 128 valence electrons. The van der Waals surface area contributed by atoms with Gasteiger partial charge in [0.05, 0.1) is 5.69 Å². The lowest BCUT2D eigenvalue weighted by Gasteiger charge is -2.13. The molecular formula is C18H18N4O2S. The average molecular weight is 354 g/mol. The number of hydrogen-bond acceptors (Lipinski definition) is 6. The monoisotopic (exact) mass is 354 g/mol. The van der Waals surface area contributed by atoms with E-state index >= 15 is 0 Å². The molecule has 25 heavy (non-hydrogen) atoms. The summed E-state index contributed by atoms with van der Waals surface area (Å²) in [7, 11) is 3.89. The van der Waals surface area contributed by atoms with Crippen molar-refractivity contribution in [1.29, 1.82) is 0 Å². The van der Waals surface area contributed by atoms with Crippen molar-refractivity contribution < 1.29 is 9.32 Å². The molecule has 1 amide bonds. The van der Waals surface area contributed by atoms with E-state index in [4.69, 9.17) is 4.52 Å². The van der Waals surface area contributed by atoms with Crippen LogP contribution in [0.4, 0.5) is 11.4 Å². The van der Waals surface area contributed by atoms with Crippen LogP contribution in [0.2, 0.25) is 0 Å². The zero-order valence-corrected chi connectivity index (χ0v) is 14.8. The number of hydrogen-bond donors (Lipinski definition) is 1. The molecule has 3 aromatic rings. The highest BCUT2D eigenvalue weighted by atomic mass is 32.1. The number of aromatic nitrogens is 2. The molecule has 6 nitrogen and oxygen atoms in total. The number of carbonyl (C=O) groups is 1. The van der Waals surface area contributed by atoms with Gasteiger partial charge in [0.1, 0.15) is 4.88 Å². The van der Waals surface area contributed by atoms with Gasteiger partial charge < -0.3 is 14.7 Å². The minimum atomic E-state index is -0.162. The fourth-order valence-corrected chi connectivity index (χ4v) is 3.30. The second-order valence-corrected chi connectivity index (χ2v) is 7.21. The lowest BCUT2D eigenvalue weighted by atomic mass is 10.1. The zero-order valence-electron chi connectivity index (χ0n) is 14.0. The van der Waals surface area contributed by atoms with Crippen molar-refractivity contribution in [3.8, 4) is 10.8 Å². The summed E-state index contributed by atoms with van der Waals surface area (Å²) in [4.78, 5) is 19.8. The summed E-state index contributed by atoms with van der Waals surface area (Å²) in [5.41, 5.74) is 2.27. The van der Waals surface area contributed by atoms with E-state index in [0.717, 1.165) is 29.2 Å². The van der Waals surface area contributed by atoms with Crippen molar-refractivity contribution in [2.24, 2.45) is 0 Å². The Hall–Kier alpha value is -2.67. The Labute approximate surface area is 149 Å². The summed E-state index contributed by atoms with van der Waals surface area (Å²) in [5.74, 6) is 1.50. The van der Waals surface area contributed by atoms with E-state index in [9.17, 15) is 4.79 Å². The fraction of sp³-hybridized carbons (Fsp3) is 0.278. The minimum Gasteiger partial charge on any atom is -0.378 e. The molecule has 0 bridgehead atoms. The summed E-state index contributed by atoms with van der Waals surface area (Å²) >= 11 is 1.47. The van der Waals surface area contributed by atoms with E-state index in [0.29, 0.717) is 23.1 Å². The van der Waals surface area contributed by atoms with Gasteiger partial charge in [-0.25, -0.2) is 0 Å². The molecule has 4 rings (SSSR count). The van der Waals surface area contributed by atoms with E-state index in [-0.39, 0.29) is 5.91 Å². The number of anilines is 2. The summed E-state index contributed by atoms with van der Waals surface area (Å²) in [5, 5.41) is 8.90. The van der Waals surface area contributed by atoms with Crippen LogP contribution >= 0.6 is 11.3 Å². The van der Waals surface area contributed by atoms with Crippen LogP contribution in [0.25, 0.3) is 10.8 Å². The minimum absolute atomic E-state index is 0.162.